The van der Waals surface area contributed by atoms with E-state index in [4.69, 9.17) is 4.74 Å². The second-order valence-electron chi connectivity index (χ2n) is 6.22. The van der Waals surface area contributed by atoms with Crippen molar-refractivity contribution in [3.05, 3.63) is 58.1 Å². The first-order valence-corrected chi connectivity index (χ1v) is 7.91. The van der Waals surface area contributed by atoms with E-state index in [9.17, 15) is 24.6 Å². The predicted octanol–water partition coefficient (Wildman–Crippen LogP) is 1.59. The Kier molecular flexibility index (Phi) is 4.48. The molecule has 26 heavy (non-hydrogen) atoms. The molecule has 0 radical (unpaired) electrons. The first-order valence-electron chi connectivity index (χ1n) is 7.91. The Bertz CT molecular complexity index is 932. The van der Waals surface area contributed by atoms with E-state index in [2.05, 4.69) is 0 Å². The van der Waals surface area contributed by atoms with Crippen LogP contribution in [0, 0.1) is 0 Å². The van der Waals surface area contributed by atoms with Crippen LogP contribution in [0.4, 0.5) is 0 Å². The number of phenolic OH excluding ortho intramolecular Hbond substituents is 2. The summed E-state index contributed by atoms with van der Waals surface area (Å²) in [6.07, 6.45) is 0. The van der Waals surface area contributed by atoms with Crippen LogP contribution in [0.25, 0.3) is 0 Å². The third kappa shape index (κ3) is 2.93. The van der Waals surface area contributed by atoms with Crippen LogP contribution in [0.15, 0.2) is 30.3 Å². The van der Waals surface area contributed by atoms with E-state index >= 15 is 0 Å². The number of carbonyl (C=O) groups is 3. The molecular weight excluding hydrogens is 338 g/mol. The molecule has 0 saturated heterocycles. The Labute approximate surface area is 149 Å². The lowest BCUT2D eigenvalue weighted by Crippen LogP contribution is -2.23. The molecular formula is C19H17NO6. The zero-order valence-electron chi connectivity index (χ0n) is 14.3. The molecule has 0 bridgehead atoms. The van der Waals surface area contributed by atoms with Crippen molar-refractivity contribution >= 4 is 17.5 Å². The van der Waals surface area contributed by atoms with E-state index in [1.54, 1.807) is 0 Å². The Morgan fingerprint density at radius 3 is 2.38 bits per heavy atom. The molecule has 134 valence electrons. The Morgan fingerprint density at radius 2 is 1.69 bits per heavy atom. The molecule has 0 aromatic heterocycles. The number of carbonyl (C=O) groups excluding carboxylic acids is 3. The van der Waals surface area contributed by atoms with Crippen molar-refractivity contribution in [2.75, 3.05) is 27.2 Å². The summed E-state index contributed by atoms with van der Waals surface area (Å²) in [6.45, 7) is 0.667. The first-order chi connectivity index (χ1) is 12.3. The molecule has 0 spiro atoms. The van der Waals surface area contributed by atoms with Gasteiger partial charge in [0.05, 0.1) is 16.7 Å². The summed E-state index contributed by atoms with van der Waals surface area (Å²) in [5.41, 5.74) is -0.465. The van der Waals surface area contributed by atoms with Gasteiger partial charge in [-0.2, -0.15) is 0 Å². The van der Waals surface area contributed by atoms with Crippen LogP contribution in [-0.2, 0) is 4.74 Å². The molecule has 0 atom stereocenters. The van der Waals surface area contributed by atoms with Gasteiger partial charge in [-0.25, -0.2) is 4.79 Å². The second kappa shape index (κ2) is 6.61. The van der Waals surface area contributed by atoms with Crippen LogP contribution in [0.5, 0.6) is 11.5 Å². The average Bonchev–Trinajstić information content (AvgIpc) is 2.58. The number of nitrogens with zero attached hydrogens (tertiary/aromatic N) is 1. The number of esters is 1. The summed E-state index contributed by atoms with van der Waals surface area (Å²) in [6, 6.07) is 6.48. The summed E-state index contributed by atoms with van der Waals surface area (Å²) < 4.78 is 5.11. The fourth-order valence-corrected chi connectivity index (χ4v) is 2.80. The van der Waals surface area contributed by atoms with Crippen LogP contribution in [-0.4, -0.2) is 59.9 Å². The van der Waals surface area contributed by atoms with E-state index < -0.39 is 23.3 Å². The van der Waals surface area contributed by atoms with Gasteiger partial charge in [0.1, 0.15) is 18.1 Å². The molecule has 0 amide bonds. The zero-order chi connectivity index (χ0) is 19.0. The predicted molar refractivity (Wildman–Crippen MR) is 91.9 cm³/mol. The number of fused-ring (bicyclic) bond motifs is 2. The summed E-state index contributed by atoms with van der Waals surface area (Å²) in [7, 11) is 3.66. The number of benzene rings is 2. The highest BCUT2D eigenvalue weighted by atomic mass is 16.5. The first kappa shape index (κ1) is 17.6. The van der Waals surface area contributed by atoms with Crippen LogP contribution >= 0.6 is 0 Å². The molecule has 0 saturated carbocycles. The number of ketones is 2. The fraction of sp³-hybridized carbons (Fsp3) is 0.211. The monoisotopic (exact) mass is 355 g/mol. The lowest BCUT2D eigenvalue weighted by Gasteiger charge is -2.20. The maximum atomic E-state index is 12.7. The minimum atomic E-state index is -0.702. The number of rotatable bonds is 4. The van der Waals surface area contributed by atoms with E-state index in [0.29, 0.717) is 6.54 Å². The van der Waals surface area contributed by atoms with E-state index in [1.165, 1.54) is 24.3 Å². The van der Waals surface area contributed by atoms with Gasteiger partial charge in [0.25, 0.3) is 0 Å². The van der Waals surface area contributed by atoms with Gasteiger partial charge in [0.15, 0.2) is 5.78 Å². The number of phenols is 2. The van der Waals surface area contributed by atoms with Gasteiger partial charge in [-0.15, -0.1) is 0 Å². The van der Waals surface area contributed by atoms with Crippen molar-refractivity contribution in [2.24, 2.45) is 0 Å². The molecule has 1 aliphatic rings. The lowest BCUT2D eigenvalue weighted by atomic mass is 9.82. The highest BCUT2D eigenvalue weighted by Gasteiger charge is 2.35. The molecule has 0 unspecified atom stereocenters. The van der Waals surface area contributed by atoms with Crippen LogP contribution in [0.3, 0.4) is 0 Å². The Hall–Kier alpha value is -3.19. The lowest BCUT2D eigenvalue weighted by molar-refractivity contribution is 0.0481. The van der Waals surface area contributed by atoms with Crippen molar-refractivity contribution in [1.82, 2.24) is 4.90 Å². The van der Waals surface area contributed by atoms with E-state index in [-0.39, 0.29) is 40.2 Å². The van der Waals surface area contributed by atoms with Gasteiger partial charge in [-0.3, -0.25) is 9.59 Å². The minimum absolute atomic E-state index is 0.0234. The van der Waals surface area contributed by atoms with Gasteiger partial charge in [0, 0.05) is 17.7 Å². The molecule has 2 aromatic carbocycles. The number of hydrogen-bond acceptors (Lipinski definition) is 7. The summed E-state index contributed by atoms with van der Waals surface area (Å²) in [5, 5.41) is 20.1. The zero-order valence-corrected chi connectivity index (χ0v) is 14.3. The van der Waals surface area contributed by atoms with E-state index in [1.807, 2.05) is 19.0 Å². The summed E-state index contributed by atoms with van der Waals surface area (Å²) in [5.74, 6) is -2.76. The smallest absolute Gasteiger partial charge is 0.338 e. The van der Waals surface area contributed by atoms with Gasteiger partial charge in [0.2, 0.25) is 5.78 Å². The maximum absolute atomic E-state index is 12.7. The highest BCUT2D eigenvalue weighted by Crippen LogP contribution is 2.37. The minimum Gasteiger partial charge on any atom is -0.507 e. The van der Waals surface area contributed by atoms with E-state index in [0.717, 1.165) is 6.07 Å². The molecule has 0 fully saturated rings. The number of hydrogen-bond donors (Lipinski definition) is 2. The van der Waals surface area contributed by atoms with Crippen molar-refractivity contribution in [3.8, 4) is 11.5 Å². The number of ether oxygens (including phenoxy) is 1. The van der Waals surface area contributed by atoms with Crippen LogP contribution in [0.2, 0.25) is 0 Å². The van der Waals surface area contributed by atoms with Gasteiger partial charge in [-0.05, 0) is 32.3 Å². The number of likely N-dealkylation sites (N-methyl/N-ethyl adjacent to an activating group) is 1. The Balaban J connectivity index is 2.01. The standard InChI is InChI=1S/C19H17NO6/c1-20(2)6-7-26-19(25)10-8-12-16(14(22)9-10)18(24)15-11(17(12)23)4-3-5-13(15)21/h3-5,8-9,21-22H,6-7H2,1-2H3. The van der Waals surface area contributed by atoms with Gasteiger partial charge < -0.3 is 19.8 Å². The van der Waals surface area contributed by atoms with Crippen molar-refractivity contribution in [3.63, 3.8) is 0 Å². The maximum Gasteiger partial charge on any atom is 0.338 e. The molecule has 2 aromatic rings. The van der Waals surface area contributed by atoms with Crippen LogP contribution in [0.1, 0.15) is 42.2 Å². The third-order valence-corrected chi connectivity index (χ3v) is 4.11. The van der Waals surface area contributed by atoms with Crippen LogP contribution < -0.4 is 0 Å². The van der Waals surface area contributed by atoms with Crippen molar-refractivity contribution < 1.29 is 29.3 Å². The normalized spacial score (nSPS) is 12.7. The molecule has 7 nitrogen and oxygen atoms in total. The molecule has 2 N–H and O–H groups in total. The third-order valence-electron chi connectivity index (χ3n) is 4.11. The highest BCUT2D eigenvalue weighted by molar-refractivity contribution is 6.30. The molecule has 3 rings (SSSR count). The molecule has 1 aliphatic carbocycles. The summed E-state index contributed by atoms with van der Waals surface area (Å²) >= 11 is 0. The van der Waals surface area contributed by atoms with Crippen molar-refractivity contribution in [2.45, 2.75) is 0 Å². The van der Waals surface area contributed by atoms with Gasteiger partial charge >= 0.3 is 5.97 Å². The second-order valence-corrected chi connectivity index (χ2v) is 6.22. The SMILES string of the molecule is CN(C)CCOC(=O)c1cc(O)c2c(c1)C(=O)c1cccc(O)c1C2=O. The average molecular weight is 355 g/mol. The quantitative estimate of drug-likeness (QED) is 0.685. The molecule has 7 heteroatoms. The largest absolute Gasteiger partial charge is 0.507 e. The fourth-order valence-electron chi connectivity index (χ4n) is 2.80. The van der Waals surface area contributed by atoms with Gasteiger partial charge in [-0.1, -0.05) is 12.1 Å². The summed E-state index contributed by atoms with van der Waals surface area (Å²) in [4.78, 5) is 39.3. The molecule has 0 heterocycles. The number of aromatic hydroxyl groups is 2. The van der Waals surface area contributed by atoms with Crippen molar-refractivity contribution in [1.29, 1.82) is 0 Å². The Morgan fingerprint density at radius 1 is 1.00 bits per heavy atom. The topological polar surface area (TPSA) is 104 Å². The molecule has 0 aliphatic heterocycles.